The third-order valence-corrected chi connectivity index (χ3v) is 10.9. The zero-order chi connectivity index (χ0) is 31.0. The number of furan rings is 1. The fourth-order valence-electron chi connectivity index (χ4n) is 8.42. The van der Waals surface area contributed by atoms with Crippen molar-refractivity contribution in [3.63, 3.8) is 0 Å². The topological polar surface area (TPSA) is 21.9 Å². The number of hydrogen-bond acceptors (Lipinski definition) is 1. The molecule has 0 N–H and O–H groups in total. The SMILES string of the molecule is CCC1(C)c2ccccc2-c2n(-c3c(CC(C)C)cc(CC(C)C)c4c3oc3ccccc34)c3ccccc3[n+]2C1(C)CC. The summed E-state index contributed by atoms with van der Waals surface area (Å²) in [5.74, 6) is 2.31. The van der Waals surface area contributed by atoms with E-state index < -0.39 is 0 Å². The molecule has 226 valence electrons. The van der Waals surface area contributed by atoms with Crippen molar-refractivity contribution in [2.75, 3.05) is 0 Å². The maximum atomic E-state index is 6.99. The number of hydrogen-bond donors (Lipinski definition) is 0. The predicted octanol–water partition coefficient (Wildman–Crippen LogP) is 10.7. The summed E-state index contributed by atoms with van der Waals surface area (Å²) in [5, 5.41) is 2.49. The molecule has 2 atom stereocenters. The van der Waals surface area contributed by atoms with Crippen molar-refractivity contribution in [2.24, 2.45) is 11.8 Å². The second-order valence-corrected chi connectivity index (χ2v) is 14.4. The van der Waals surface area contributed by atoms with Crippen LogP contribution in [0.15, 0.2) is 83.3 Å². The van der Waals surface area contributed by atoms with Gasteiger partial charge in [0.1, 0.15) is 11.1 Å². The summed E-state index contributed by atoms with van der Waals surface area (Å²) in [6.07, 6.45) is 4.11. The first kappa shape index (κ1) is 28.9. The first-order chi connectivity index (χ1) is 21.1. The normalized spacial score (nSPS) is 19.9. The highest BCUT2D eigenvalue weighted by molar-refractivity contribution is 6.10. The van der Waals surface area contributed by atoms with Crippen LogP contribution < -0.4 is 4.57 Å². The van der Waals surface area contributed by atoms with Gasteiger partial charge in [-0.05, 0) is 79.8 Å². The number of aromatic nitrogens is 2. The van der Waals surface area contributed by atoms with Gasteiger partial charge in [-0.1, -0.05) is 103 Å². The van der Waals surface area contributed by atoms with Crippen LogP contribution in [-0.2, 0) is 23.8 Å². The molecule has 0 saturated heterocycles. The Morgan fingerprint density at radius 2 is 1.43 bits per heavy atom. The van der Waals surface area contributed by atoms with Gasteiger partial charge in [-0.25, -0.2) is 4.57 Å². The molecule has 0 amide bonds. The van der Waals surface area contributed by atoms with Crippen molar-refractivity contribution in [1.29, 1.82) is 0 Å². The van der Waals surface area contributed by atoms with Gasteiger partial charge in [-0.3, -0.25) is 0 Å². The van der Waals surface area contributed by atoms with Gasteiger partial charge >= 0.3 is 0 Å². The summed E-state index contributed by atoms with van der Waals surface area (Å²) in [5.41, 5.74) is 11.1. The third-order valence-electron chi connectivity index (χ3n) is 10.9. The van der Waals surface area contributed by atoms with Gasteiger partial charge in [-0.15, -0.1) is 0 Å². The number of para-hydroxylation sites is 3. The molecule has 0 bridgehead atoms. The first-order valence-corrected chi connectivity index (χ1v) is 16.8. The Morgan fingerprint density at radius 1 is 0.773 bits per heavy atom. The molecule has 3 heterocycles. The van der Waals surface area contributed by atoms with E-state index in [1.54, 1.807) is 0 Å². The fourth-order valence-corrected chi connectivity index (χ4v) is 8.42. The van der Waals surface area contributed by atoms with Gasteiger partial charge in [0.15, 0.2) is 22.3 Å². The maximum Gasteiger partial charge on any atom is 0.295 e. The number of benzene rings is 4. The minimum absolute atomic E-state index is 0.0263. The summed E-state index contributed by atoms with van der Waals surface area (Å²) in [6, 6.07) is 29.4. The lowest BCUT2D eigenvalue weighted by Gasteiger charge is -2.47. The Hall–Kier alpha value is -3.85. The van der Waals surface area contributed by atoms with Crippen LogP contribution in [0.25, 0.3) is 50.0 Å². The van der Waals surface area contributed by atoms with E-state index in [2.05, 4.69) is 143 Å². The zero-order valence-electron chi connectivity index (χ0n) is 27.8. The molecule has 44 heavy (non-hydrogen) atoms. The Kier molecular flexibility index (Phi) is 6.81. The predicted molar refractivity (Wildman–Crippen MR) is 185 cm³/mol. The number of nitrogens with zero attached hydrogens (tertiary/aromatic N) is 2. The minimum Gasteiger partial charge on any atom is -0.452 e. The lowest BCUT2D eigenvalue weighted by atomic mass is 9.61. The van der Waals surface area contributed by atoms with Crippen molar-refractivity contribution in [2.45, 2.75) is 92.0 Å². The second kappa shape index (κ2) is 10.4. The lowest BCUT2D eigenvalue weighted by Crippen LogP contribution is -2.67. The molecule has 1 aliphatic rings. The maximum absolute atomic E-state index is 6.99. The van der Waals surface area contributed by atoms with Crippen molar-refractivity contribution < 1.29 is 8.98 Å². The second-order valence-electron chi connectivity index (χ2n) is 14.4. The largest absolute Gasteiger partial charge is 0.452 e. The molecule has 1 aliphatic heterocycles. The summed E-state index contributed by atoms with van der Waals surface area (Å²) in [6.45, 7) is 19.0. The molecular formula is C41H47N2O+. The van der Waals surface area contributed by atoms with Gasteiger partial charge in [-0.2, -0.15) is 4.57 Å². The van der Waals surface area contributed by atoms with Gasteiger partial charge in [0.2, 0.25) is 0 Å². The summed E-state index contributed by atoms with van der Waals surface area (Å²) in [7, 11) is 0. The van der Waals surface area contributed by atoms with E-state index in [-0.39, 0.29) is 11.0 Å². The van der Waals surface area contributed by atoms with Crippen LogP contribution in [0, 0.1) is 11.8 Å². The van der Waals surface area contributed by atoms with Crippen molar-refractivity contribution in [3.05, 3.63) is 95.6 Å². The molecule has 4 aromatic carbocycles. The minimum atomic E-state index is -0.126. The molecule has 6 aromatic rings. The summed E-state index contributed by atoms with van der Waals surface area (Å²) >= 11 is 0. The van der Waals surface area contributed by atoms with Gasteiger partial charge < -0.3 is 4.42 Å². The standard InChI is InChI=1S/C41H47N2O/c1-9-40(7)32-19-13-11-17-30(32)39-42(33-20-14-15-21-34(33)43(39)41(40,8)10-2)37-29(24-27(5)6)25-28(23-26(3)4)36-31-18-12-16-22-35(31)44-38(36)37/h11-22,25-27H,9-10,23-24H2,1-8H3/q+1. The van der Waals surface area contributed by atoms with E-state index in [1.807, 2.05) is 0 Å². The molecule has 0 aliphatic carbocycles. The van der Waals surface area contributed by atoms with Crippen LogP contribution >= 0.6 is 0 Å². The lowest BCUT2D eigenvalue weighted by molar-refractivity contribution is -0.743. The van der Waals surface area contributed by atoms with E-state index >= 15 is 0 Å². The van der Waals surface area contributed by atoms with E-state index in [0.717, 1.165) is 36.8 Å². The van der Waals surface area contributed by atoms with Crippen LogP contribution in [0.3, 0.4) is 0 Å². The Morgan fingerprint density at radius 3 is 2.16 bits per heavy atom. The molecule has 0 saturated carbocycles. The molecule has 7 rings (SSSR count). The molecule has 3 nitrogen and oxygen atoms in total. The van der Waals surface area contributed by atoms with Crippen LogP contribution in [0.5, 0.6) is 0 Å². The van der Waals surface area contributed by atoms with E-state index in [4.69, 9.17) is 4.42 Å². The van der Waals surface area contributed by atoms with E-state index in [0.29, 0.717) is 11.8 Å². The molecule has 2 unspecified atom stereocenters. The first-order valence-electron chi connectivity index (χ1n) is 16.8. The highest BCUT2D eigenvalue weighted by Crippen LogP contribution is 2.52. The average Bonchev–Trinajstić information content (AvgIpc) is 3.56. The fraction of sp³-hybridized carbons (Fsp3) is 0.390. The molecule has 0 radical (unpaired) electrons. The Balaban J connectivity index is 1.73. The summed E-state index contributed by atoms with van der Waals surface area (Å²) in [4.78, 5) is 0. The molecule has 2 aromatic heterocycles. The van der Waals surface area contributed by atoms with Gasteiger partial charge in [0, 0.05) is 21.8 Å². The van der Waals surface area contributed by atoms with E-state index in [1.165, 1.54) is 55.6 Å². The monoisotopic (exact) mass is 583 g/mol. The highest BCUT2D eigenvalue weighted by atomic mass is 16.3. The number of imidazole rings is 1. The van der Waals surface area contributed by atoms with Crippen LogP contribution in [-0.4, -0.2) is 4.57 Å². The molecule has 0 spiro atoms. The highest BCUT2D eigenvalue weighted by Gasteiger charge is 2.56. The average molecular weight is 584 g/mol. The molecule has 3 heteroatoms. The van der Waals surface area contributed by atoms with Gasteiger partial charge in [0.05, 0.1) is 5.56 Å². The third kappa shape index (κ3) is 3.90. The van der Waals surface area contributed by atoms with Crippen molar-refractivity contribution in [1.82, 2.24) is 4.57 Å². The van der Waals surface area contributed by atoms with Crippen molar-refractivity contribution in [3.8, 4) is 17.1 Å². The van der Waals surface area contributed by atoms with Gasteiger partial charge in [0.25, 0.3) is 5.82 Å². The van der Waals surface area contributed by atoms with Crippen LogP contribution in [0.2, 0.25) is 0 Å². The summed E-state index contributed by atoms with van der Waals surface area (Å²) < 4.78 is 12.3. The van der Waals surface area contributed by atoms with Crippen LogP contribution in [0.1, 0.15) is 84.9 Å². The van der Waals surface area contributed by atoms with Crippen LogP contribution in [0.4, 0.5) is 0 Å². The smallest absolute Gasteiger partial charge is 0.295 e. The Labute approximate surface area is 262 Å². The number of fused-ring (bicyclic) bond motifs is 8. The molecule has 0 fully saturated rings. The number of rotatable bonds is 7. The molecular weight excluding hydrogens is 536 g/mol. The quantitative estimate of drug-likeness (QED) is 0.171. The Bertz CT molecular complexity index is 2040. The zero-order valence-corrected chi connectivity index (χ0v) is 27.8. The van der Waals surface area contributed by atoms with Crippen molar-refractivity contribution >= 4 is 33.0 Å². The van der Waals surface area contributed by atoms with E-state index in [9.17, 15) is 0 Å².